The van der Waals surface area contributed by atoms with E-state index >= 15 is 0 Å². The number of rotatable bonds is 4. The Labute approximate surface area is 155 Å². The Hall–Kier alpha value is -2.38. The Balaban J connectivity index is 1.59. The highest BCUT2D eigenvalue weighted by atomic mass is 35.5. The molecule has 26 heavy (non-hydrogen) atoms. The Morgan fingerprint density at radius 1 is 1.15 bits per heavy atom. The number of amides is 1. The summed E-state index contributed by atoms with van der Waals surface area (Å²) >= 11 is 6.28. The second-order valence-electron chi connectivity index (χ2n) is 6.35. The smallest absolute Gasteiger partial charge is 0.328 e. The van der Waals surface area contributed by atoms with Crippen molar-refractivity contribution in [1.29, 1.82) is 0 Å². The first-order valence-corrected chi connectivity index (χ1v) is 8.89. The molecule has 1 aliphatic rings. The molecule has 1 N–H and O–H groups in total. The highest BCUT2D eigenvalue weighted by Gasteiger charge is 2.25. The predicted molar refractivity (Wildman–Crippen MR) is 99.3 cm³/mol. The van der Waals surface area contributed by atoms with Crippen LogP contribution < -0.4 is 11.2 Å². The SMILES string of the molecule is CC(c1ccccc1Cl)N1CCN(C(=O)Cn2ccc(=O)[nH]c2=O)CC1. The number of aromatic nitrogens is 2. The first-order valence-electron chi connectivity index (χ1n) is 8.52. The summed E-state index contributed by atoms with van der Waals surface area (Å²) in [4.78, 5) is 41.4. The number of hydrogen-bond acceptors (Lipinski definition) is 4. The van der Waals surface area contributed by atoms with E-state index in [1.807, 2.05) is 24.3 Å². The number of hydrogen-bond donors (Lipinski definition) is 1. The van der Waals surface area contributed by atoms with Crippen LogP contribution >= 0.6 is 11.6 Å². The van der Waals surface area contributed by atoms with Crippen molar-refractivity contribution in [3.05, 3.63) is 68.0 Å². The third-order valence-corrected chi connectivity index (χ3v) is 5.12. The van der Waals surface area contributed by atoms with Crippen LogP contribution in [0, 0.1) is 0 Å². The van der Waals surface area contributed by atoms with Crippen molar-refractivity contribution >= 4 is 17.5 Å². The van der Waals surface area contributed by atoms with E-state index in [4.69, 9.17) is 11.6 Å². The lowest BCUT2D eigenvalue weighted by Gasteiger charge is -2.38. The molecule has 1 atom stereocenters. The van der Waals surface area contributed by atoms with Crippen molar-refractivity contribution < 1.29 is 4.79 Å². The van der Waals surface area contributed by atoms with Gasteiger partial charge in [0.1, 0.15) is 6.54 Å². The molecule has 1 fully saturated rings. The summed E-state index contributed by atoms with van der Waals surface area (Å²) in [5.74, 6) is -0.135. The van der Waals surface area contributed by atoms with Gasteiger partial charge < -0.3 is 4.90 Å². The van der Waals surface area contributed by atoms with Gasteiger partial charge in [0.2, 0.25) is 5.91 Å². The average molecular weight is 377 g/mol. The minimum atomic E-state index is -0.572. The summed E-state index contributed by atoms with van der Waals surface area (Å²) in [6.45, 7) is 4.68. The van der Waals surface area contributed by atoms with Crippen LogP contribution in [-0.4, -0.2) is 51.4 Å². The minimum Gasteiger partial charge on any atom is -0.339 e. The predicted octanol–water partition coefficient (Wildman–Crippen LogP) is 1.10. The van der Waals surface area contributed by atoms with Crippen molar-refractivity contribution in [2.75, 3.05) is 26.2 Å². The lowest BCUT2D eigenvalue weighted by Crippen LogP contribution is -2.50. The number of benzene rings is 1. The topological polar surface area (TPSA) is 78.4 Å². The fraction of sp³-hybridized carbons (Fsp3) is 0.389. The van der Waals surface area contributed by atoms with E-state index in [-0.39, 0.29) is 18.5 Å². The van der Waals surface area contributed by atoms with Gasteiger partial charge in [0, 0.05) is 49.5 Å². The number of aromatic amines is 1. The van der Waals surface area contributed by atoms with Crippen LogP contribution in [0.4, 0.5) is 0 Å². The summed E-state index contributed by atoms with van der Waals surface area (Å²) in [5, 5.41) is 0.746. The van der Waals surface area contributed by atoms with Crippen molar-refractivity contribution in [2.24, 2.45) is 0 Å². The van der Waals surface area contributed by atoms with E-state index in [2.05, 4.69) is 16.8 Å². The highest BCUT2D eigenvalue weighted by Crippen LogP contribution is 2.27. The monoisotopic (exact) mass is 376 g/mol. The zero-order valence-electron chi connectivity index (χ0n) is 14.5. The first kappa shape index (κ1) is 18.4. The molecule has 8 heteroatoms. The Morgan fingerprint density at radius 3 is 2.50 bits per heavy atom. The molecule has 1 aromatic carbocycles. The Bertz CT molecular complexity index is 900. The molecule has 0 bridgehead atoms. The van der Waals surface area contributed by atoms with Gasteiger partial charge in [0.15, 0.2) is 0 Å². The van der Waals surface area contributed by atoms with Crippen LogP contribution in [-0.2, 0) is 11.3 Å². The zero-order chi connectivity index (χ0) is 18.7. The molecule has 2 heterocycles. The molecule has 0 spiro atoms. The van der Waals surface area contributed by atoms with Crippen LogP contribution in [0.5, 0.6) is 0 Å². The van der Waals surface area contributed by atoms with Gasteiger partial charge in [-0.3, -0.25) is 24.0 Å². The molecule has 0 radical (unpaired) electrons. The van der Waals surface area contributed by atoms with Crippen LogP contribution in [0.25, 0.3) is 0 Å². The molecule has 3 rings (SSSR count). The fourth-order valence-corrected chi connectivity index (χ4v) is 3.48. The Morgan fingerprint density at radius 2 is 1.85 bits per heavy atom. The normalized spacial score (nSPS) is 16.5. The summed E-state index contributed by atoms with van der Waals surface area (Å²) in [7, 11) is 0. The van der Waals surface area contributed by atoms with Crippen LogP contribution in [0.2, 0.25) is 5.02 Å². The van der Waals surface area contributed by atoms with Crippen LogP contribution in [0.1, 0.15) is 18.5 Å². The van der Waals surface area contributed by atoms with Crippen LogP contribution in [0.3, 0.4) is 0 Å². The third kappa shape index (κ3) is 4.05. The van der Waals surface area contributed by atoms with Crippen molar-refractivity contribution in [1.82, 2.24) is 19.4 Å². The van der Waals surface area contributed by atoms with Gasteiger partial charge in [-0.2, -0.15) is 0 Å². The average Bonchev–Trinajstić information content (AvgIpc) is 2.64. The van der Waals surface area contributed by atoms with E-state index in [1.165, 1.54) is 16.8 Å². The number of halogens is 1. The van der Waals surface area contributed by atoms with E-state index in [0.717, 1.165) is 23.7 Å². The molecule has 7 nitrogen and oxygen atoms in total. The molecule has 138 valence electrons. The van der Waals surface area contributed by atoms with Gasteiger partial charge in [-0.05, 0) is 18.6 Å². The summed E-state index contributed by atoms with van der Waals surface area (Å²) in [6.07, 6.45) is 1.34. The maximum Gasteiger partial charge on any atom is 0.328 e. The molecule has 1 unspecified atom stereocenters. The van der Waals surface area contributed by atoms with E-state index in [0.29, 0.717) is 13.1 Å². The number of carbonyl (C=O) groups excluding carboxylic acids is 1. The second kappa shape index (κ2) is 7.88. The lowest BCUT2D eigenvalue weighted by molar-refractivity contribution is -0.134. The number of nitrogens with zero attached hydrogens (tertiary/aromatic N) is 3. The molecule has 0 aliphatic carbocycles. The fourth-order valence-electron chi connectivity index (χ4n) is 3.18. The van der Waals surface area contributed by atoms with Crippen LogP contribution in [0.15, 0.2) is 46.1 Å². The molecule has 1 saturated heterocycles. The molecule has 1 amide bonds. The number of piperazine rings is 1. The molecular weight excluding hydrogens is 356 g/mol. The molecule has 1 aliphatic heterocycles. The number of carbonyl (C=O) groups is 1. The van der Waals surface area contributed by atoms with Crippen molar-refractivity contribution in [3.63, 3.8) is 0 Å². The number of nitrogens with one attached hydrogen (secondary N) is 1. The molecule has 0 saturated carbocycles. The van der Waals surface area contributed by atoms with Gasteiger partial charge in [0.05, 0.1) is 0 Å². The summed E-state index contributed by atoms with van der Waals surface area (Å²) in [6, 6.07) is 9.19. The van der Waals surface area contributed by atoms with Gasteiger partial charge >= 0.3 is 5.69 Å². The largest absolute Gasteiger partial charge is 0.339 e. The van der Waals surface area contributed by atoms with E-state index < -0.39 is 11.2 Å². The summed E-state index contributed by atoms with van der Waals surface area (Å²) < 4.78 is 1.21. The lowest BCUT2D eigenvalue weighted by atomic mass is 10.1. The highest BCUT2D eigenvalue weighted by molar-refractivity contribution is 6.31. The summed E-state index contributed by atoms with van der Waals surface area (Å²) in [5.41, 5.74) is 0.0337. The maximum atomic E-state index is 12.4. The zero-order valence-corrected chi connectivity index (χ0v) is 15.3. The molecule has 2 aromatic rings. The first-order chi connectivity index (χ1) is 12.5. The van der Waals surface area contributed by atoms with Gasteiger partial charge in [0.25, 0.3) is 5.56 Å². The van der Waals surface area contributed by atoms with Gasteiger partial charge in [-0.1, -0.05) is 29.8 Å². The molecule has 1 aromatic heterocycles. The Kier molecular flexibility index (Phi) is 5.58. The minimum absolute atomic E-state index is 0.0737. The quantitative estimate of drug-likeness (QED) is 0.866. The molecular formula is C18H21ClN4O3. The number of H-pyrrole nitrogens is 1. The van der Waals surface area contributed by atoms with Crippen molar-refractivity contribution in [3.8, 4) is 0 Å². The van der Waals surface area contributed by atoms with E-state index in [1.54, 1.807) is 4.90 Å². The second-order valence-corrected chi connectivity index (χ2v) is 6.76. The standard InChI is InChI=1S/C18H21ClN4O3/c1-13(14-4-2-3-5-15(14)19)21-8-10-22(11-9-21)17(25)12-23-7-6-16(24)20-18(23)26/h2-7,13H,8-12H2,1H3,(H,20,24,26). The van der Waals surface area contributed by atoms with Crippen molar-refractivity contribution in [2.45, 2.75) is 19.5 Å². The van der Waals surface area contributed by atoms with Gasteiger partial charge in [-0.25, -0.2) is 4.79 Å². The third-order valence-electron chi connectivity index (χ3n) is 4.77. The van der Waals surface area contributed by atoms with Gasteiger partial charge in [-0.15, -0.1) is 0 Å². The van der Waals surface area contributed by atoms with E-state index in [9.17, 15) is 14.4 Å². The maximum absolute atomic E-state index is 12.4.